The molecule has 19 heteroatoms. The topological polar surface area (TPSA) is 242 Å². The van der Waals surface area contributed by atoms with Crippen LogP contribution in [0.3, 0.4) is 0 Å². The molecular formula is C38H44FN7O11. The number of hydrogen-bond donors (Lipinski definition) is 7. The molecule has 0 saturated carbocycles. The summed E-state index contributed by atoms with van der Waals surface area (Å²) in [6, 6.07) is 12.2. The number of para-hydroxylation sites is 2. The van der Waals surface area contributed by atoms with E-state index in [-0.39, 0.29) is 88.0 Å². The van der Waals surface area contributed by atoms with E-state index < -0.39 is 71.2 Å². The highest BCUT2D eigenvalue weighted by Gasteiger charge is 2.33. The molecule has 0 bridgehead atoms. The number of nitrogens with zero attached hydrogens (tertiary/aromatic N) is 4. The SMILES string of the molecule is CC(=O)NC[C@H]1CN(c2ccc(N3CCN(C(=O)CNC(=O)CN(CCCCNC(=O)c4cccc(O)c4O)C(=O)c4cccc(O)c4O)CC3)c(F)c2)C(=O)O1. The van der Waals surface area contributed by atoms with Gasteiger partial charge in [0, 0.05) is 46.2 Å². The van der Waals surface area contributed by atoms with E-state index >= 15 is 4.39 Å². The molecule has 1 atom stereocenters. The van der Waals surface area contributed by atoms with Gasteiger partial charge >= 0.3 is 6.09 Å². The first-order valence-corrected chi connectivity index (χ1v) is 18.1. The van der Waals surface area contributed by atoms with E-state index in [0.29, 0.717) is 12.1 Å². The molecule has 57 heavy (non-hydrogen) atoms. The highest BCUT2D eigenvalue weighted by Crippen LogP contribution is 2.31. The summed E-state index contributed by atoms with van der Waals surface area (Å²) in [6.45, 7) is 1.87. The number of unbranched alkanes of at least 4 members (excludes halogenated alkanes) is 1. The molecule has 0 unspecified atom stereocenters. The van der Waals surface area contributed by atoms with Crippen molar-refractivity contribution in [3.8, 4) is 23.0 Å². The van der Waals surface area contributed by atoms with Gasteiger partial charge in [-0.1, -0.05) is 12.1 Å². The van der Waals surface area contributed by atoms with Gasteiger partial charge in [-0.05, 0) is 55.3 Å². The predicted molar refractivity (Wildman–Crippen MR) is 202 cm³/mol. The maximum absolute atomic E-state index is 15.3. The number of carbonyl (C=O) groups is 6. The lowest BCUT2D eigenvalue weighted by atomic mass is 10.1. The summed E-state index contributed by atoms with van der Waals surface area (Å²) in [5, 5.41) is 47.5. The smallest absolute Gasteiger partial charge is 0.414 e. The highest BCUT2D eigenvalue weighted by atomic mass is 19.1. The van der Waals surface area contributed by atoms with Gasteiger partial charge in [-0.25, -0.2) is 9.18 Å². The molecule has 0 aromatic heterocycles. The molecular weight excluding hydrogens is 749 g/mol. The maximum Gasteiger partial charge on any atom is 0.414 e. The molecule has 2 saturated heterocycles. The molecule has 7 N–H and O–H groups in total. The van der Waals surface area contributed by atoms with Crippen molar-refractivity contribution in [2.45, 2.75) is 25.9 Å². The summed E-state index contributed by atoms with van der Waals surface area (Å²) in [5.41, 5.74) is 0.207. The van der Waals surface area contributed by atoms with Crippen LogP contribution in [0, 0.1) is 5.82 Å². The number of phenolic OH excluding ortho intramolecular Hbond substituents is 4. The number of halogens is 1. The normalized spacial score (nSPS) is 15.2. The Morgan fingerprint density at radius 1 is 0.860 bits per heavy atom. The summed E-state index contributed by atoms with van der Waals surface area (Å²) >= 11 is 0. The van der Waals surface area contributed by atoms with Gasteiger partial charge in [0.25, 0.3) is 11.8 Å². The second-order valence-electron chi connectivity index (χ2n) is 13.4. The third-order valence-electron chi connectivity index (χ3n) is 9.37. The lowest BCUT2D eigenvalue weighted by molar-refractivity contribution is -0.133. The van der Waals surface area contributed by atoms with E-state index in [0.717, 1.165) is 4.90 Å². The number of piperazine rings is 1. The van der Waals surface area contributed by atoms with Gasteiger partial charge in [0.2, 0.25) is 17.7 Å². The third kappa shape index (κ3) is 10.5. The monoisotopic (exact) mass is 793 g/mol. The van der Waals surface area contributed by atoms with Crippen LogP contribution in [0.2, 0.25) is 0 Å². The van der Waals surface area contributed by atoms with Crippen molar-refractivity contribution in [1.82, 2.24) is 25.8 Å². The van der Waals surface area contributed by atoms with Crippen LogP contribution in [0.5, 0.6) is 23.0 Å². The van der Waals surface area contributed by atoms with Crippen molar-refractivity contribution in [1.29, 1.82) is 0 Å². The maximum atomic E-state index is 15.3. The number of rotatable bonds is 15. The van der Waals surface area contributed by atoms with Crippen LogP contribution in [0.15, 0.2) is 54.6 Å². The number of anilines is 2. The van der Waals surface area contributed by atoms with Gasteiger partial charge in [0.15, 0.2) is 23.0 Å². The summed E-state index contributed by atoms with van der Waals surface area (Å²) < 4.78 is 20.5. The average molecular weight is 794 g/mol. The molecule has 2 aliphatic rings. The molecule has 5 rings (SSSR count). The zero-order chi connectivity index (χ0) is 41.2. The molecule has 0 spiro atoms. The van der Waals surface area contributed by atoms with Crippen LogP contribution in [0.25, 0.3) is 0 Å². The molecule has 0 radical (unpaired) electrons. The van der Waals surface area contributed by atoms with Gasteiger partial charge < -0.3 is 55.8 Å². The van der Waals surface area contributed by atoms with E-state index in [2.05, 4.69) is 16.0 Å². The van der Waals surface area contributed by atoms with E-state index in [4.69, 9.17) is 4.74 Å². The minimum absolute atomic E-state index is 0.0106. The van der Waals surface area contributed by atoms with Crippen molar-refractivity contribution < 1.29 is 58.3 Å². The Balaban J connectivity index is 1.10. The Labute approximate surface area is 326 Å². The number of aromatic hydroxyl groups is 4. The molecule has 2 heterocycles. The number of ether oxygens (including phenoxy) is 1. The van der Waals surface area contributed by atoms with E-state index in [1.807, 2.05) is 0 Å². The van der Waals surface area contributed by atoms with E-state index in [1.165, 1.54) is 59.2 Å². The van der Waals surface area contributed by atoms with Crippen molar-refractivity contribution in [3.63, 3.8) is 0 Å². The second kappa shape index (κ2) is 18.7. The number of cyclic esters (lactones) is 1. The van der Waals surface area contributed by atoms with Crippen molar-refractivity contribution in [2.24, 2.45) is 0 Å². The molecule has 3 aromatic rings. The summed E-state index contributed by atoms with van der Waals surface area (Å²) in [5.74, 6) is -5.52. The number of nitrogens with one attached hydrogen (secondary N) is 3. The summed E-state index contributed by atoms with van der Waals surface area (Å²) in [7, 11) is 0. The molecule has 6 amide bonds. The number of hydrogen-bond acceptors (Lipinski definition) is 12. The fourth-order valence-electron chi connectivity index (χ4n) is 6.29. The van der Waals surface area contributed by atoms with E-state index in [1.54, 1.807) is 17.0 Å². The lowest BCUT2D eigenvalue weighted by Gasteiger charge is -2.36. The zero-order valence-electron chi connectivity index (χ0n) is 31.1. The van der Waals surface area contributed by atoms with Crippen LogP contribution in [-0.2, 0) is 19.1 Å². The molecule has 2 fully saturated rings. The molecule has 0 aliphatic carbocycles. The first-order chi connectivity index (χ1) is 27.2. The Hall–Kier alpha value is -6.79. The number of benzene rings is 3. The average Bonchev–Trinajstić information content (AvgIpc) is 3.57. The van der Waals surface area contributed by atoms with Gasteiger partial charge in [0.05, 0.1) is 48.7 Å². The lowest BCUT2D eigenvalue weighted by Crippen LogP contribution is -2.52. The fourth-order valence-corrected chi connectivity index (χ4v) is 6.29. The first-order valence-electron chi connectivity index (χ1n) is 18.1. The molecule has 2 aliphatic heterocycles. The Kier molecular flexibility index (Phi) is 13.6. The number of amides is 6. The van der Waals surface area contributed by atoms with Crippen LogP contribution >= 0.6 is 0 Å². The molecule has 18 nitrogen and oxygen atoms in total. The number of phenols is 4. The van der Waals surface area contributed by atoms with Gasteiger partial charge in [-0.15, -0.1) is 0 Å². The highest BCUT2D eigenvalue weighted by molar-refractivity contribution is 6.00. The van der Waals surface area contributed by atoms with Crippen molar-refractivity contribution in [3.05, 3.63) is 71.5 Å². The van der Waals surface area contributed by atoms with Crippen LogP contribution < -0.4 is 25.8 Å². The van der Waals surface area contributed by atoms with Crippen LogP contribution in [-0.4, -0.2) is 137 Å². The quantitative estimate of drug-likeness (QED) is 0.0850. The minimum Gasteiger partial charge on any atom is -0.504 e. The number of carbonyl (C=O) groups excluding carboxylic acids is 6. The third-order valence-corrected chi connectivity index (χ3v) is 9.37. The Morgan fingerprint density at radius 3 is 2.19 bits per heavy atom. The van der Waals surface area contributed by atoms with Crippen molar-refractivity contribution >= 4 is 47.0 Å². The fraction of sp³-hybridized carbons (Fsp3) is 0.368. The molecule has 304 valence electrons. The largest absolute Gasteiger partial charge is 0.504 e. The molecule has 3 aromatic carbocycles. The summed E-state index contributed by atoms with van der Waals surface area (Å²) in [6.07, 6.45) is -0.618. The summed E-state index contributed by atoms with van der Waals surface area (Å²) in [4.78, 5) is 81.2. The Morgan fingerprint density at radius 2 is 1.53 bits per heavy atom. The first kappa shape index (κ1) is 41.4. The van der Waals surface area contributed by atoms with Gasteiger partial charge in [-0.2, -0.15) is 0 Å². The predicted octanol–water partition coefficient (Wildman–Crippen LogP) is 1.23. The van der Waals surface area contributed by atoms with Gasteiger partial charge in [-0.3, -0.25) is 28.9 Å². The zero-order valence-corrected chi connectivity index (χ0v) is 31.1. The second-order valence-corrected chi connectivity index (χ2v) is 13.4. The van der Waals surface area contributed by atoms with Crippen molar-refractivity contribution in [2.75, 3.05) is 75.2 Å². The van der Waals surface area contributed by atoms with Crippen LogP contribution in [0.4, 0.5) is 20.6 Å². The standard InChI is InChI=1S/C38H44FN7O11/c1-23(47)41-19-25-21-46(38(56)57-25)24-10-11-29(28(39)18-24)43-14-16-44(17-15-43)33(51)20-42-32(50)22-45(37(55)27-7-5-9-31(49)35(27)53)13-3-2-12-40-36(54)26-6-4-8-30(48)34(26)52/h4-11,18,25,48-49,52-53H,2-3,12-17,19-22H2,1H3,(H,40,54)(H,41,47)(H,42,50)/t25-/m0/s1. The van der Waals surface area contributed by atoms with Crippen LogP contribution in [0.1, 0.15) is 40.5 Å². The Bertz CT molecular complexity index is 2010. The van der Waals surface area contributed by atoms with E-state index in [9.17, 15) is 49.2 Å². The minimum atomic E-state index is -0.762. The van der Waals surface area contributed by atoms with Gasteiger partial charge in [0.1, 0.15) is 11.9 Å².